The fourth-order valence-corrected chi connectivity index (χ4v) is 2.44. The molecule has 1 aromatic carbocycles. The summed E-state index contributed by atoms with van der Waals surface area (Å²) in [5.74, 6) is 1.40. The summed E-state index contributed by atoms with van der Waals surface area (Å²) in [5, 5.41) is 11.0. The van der Waals surface area contributed by atoms with Crippen molar-refractivity contribution < 1.29 is 8.83 Å². The van der Waals surface area contributed by atoms with Crippen molar-refractivity contribution in [1.29, 1.82) is 0 Å². The number of aromatic nitrogens is 2. The van der Waals surface area contributed by atoms with E-state index < -0.39 is 0 Å². The summed E-state index contributed by atoms with van der Waals surface area (Å²) in [6.07, 6.45) is 1.33. The smallest absolute Gasteiger partial charge is 0.247 e. The fourth-order valence-electron chi connectivity index (χ4n) is 2.12. The van der Waals surface area contributed by atoms with Crippen LogP contribution in [-0.4, -0.2) is 10.2 Å². The molecule has 0 spiro atoms. The standard InChI is InChI=1S/C15H14BrN3O2/c1-9-7-11(15-19-17-8-20-15)3-4-12(9)18-10(2)13-5-6-14(16)21-13/h3-8,10,18H,1-2H3. The van der Waals surface area contributed by atoms with Gasteiger partial charge in [0.2, 0.25) is 12.3 Å². The summed E-state index contributed by atoms with van der Waals surface area (Å²) in [6.45, 7) is 4.09. The number of anilines is 1. The zero-order chi connectivity index (χ0) is 14.8. The van der Waals surface area contributed by atoms with Crippen LogP contribution in [0.1, 0.15) is 24.3 Å². The molecule has 5 nitrogen and oxygen atoms in total. The Hall–Kier alpha value is -2.08. The summed E-state index contributed by atoms with van der Waals surface area (Å²) in [5.41, 5.74) is 3.05. The van der Waals surface area contributed by atoms with Crippen molar-refractivity contribution in [2.24, 2.45) is 0 Å². The number of hydrogen-bond donors (Lipinski definition) is 1. The third-order valence-electron chi connectivity index (χ3n) is 3.23. The second-order valence-electron chi connectivity index (χ2n) is 4.78. The third kappa shape index (κ3) is 3.00. The van der Waals surface area contributed by atoms with Crippen LogP contribution in [0, 0.1) is 6.92 Å². The van der Waals surface area contributed by atoms with E-state index in [9.17, 15) is 0 Å². The van der Waals surface area contributed by atoms with Gasteiger partial charge in [-0.25, -0.2) is 0 Å². The van der Waals surface area contributed by atoms with E-state index in [4.69, 9.17) is 8.83 Å². The van der Waals surface area contributed by atoms with E-state index in [2.05, 4.69) is 38.4 Å². The SMILES string of the molecule is Cc1cc(-c2nnco2)ccc1NC(C)c1ccc(Br)o1. The molecule has 2 heterocycles. The van der Waals surface area contributed by atoms with Gasteiger partial charge in [0, 0.05) is 11.3 Å². The molecule has 0 fully saturated rings. The molecule has 0 bridgehead atoms. The number of nitrogens with zero attached hydrogens (tertiary/aromatic N) is 2. The maximum absolute atomic E-state index is 5.56. The quantitative estimate of drug-likeness (QED) is 0.748. The van der Waals surface area contributed by atoms with Gasteiger partial charge in [-0.15, -0.1) is 10.2 Å². The molecule has 1 atom stereocenters. The monoisotopic (exact) mass is 347 g/mol. The average Bonchev–Trinajstić information content (AvgIpc) is 3.12. The predicted molar refractivity (Wildman–Crippen MR) is 82.9 cm³/mol. The number of rotatable bonds is 4. The minimum Gasteiger partial charge on any atom is -0.452 e. The second kappa shape index (κ2) is 5.73. The van der Waals surface area contributed by atoms with Gasteiger partial charge in [0.25, 0.3) is 0 Å². The summed E-state index contributed by atoms with van der Waals surface area (Å²) in [7, 11) is 0. The molecule has 0 radical (unpaired) electrons. The molecule has 1 N–H and O–H groups in total. The van der Waals surface area contributed by atoms with Gasteiger partial charge in [0.1, 0.15) is 5.76 Å². The van der Waals surface area contributed by atoms with Gasteiger partial charge in [-0.3, -0.25) is 0 Å². The number of nitrogens with one attached hydrogen (secondary N) is 1. The highest BCUT2D eigenvalue weighted by Gasteiger charge is 2.12. The van der Waals surface area contributed by atoms with Crippen LogP contribution in [-0.2, 0) is 0 Å². The maximum Gasteiger partial charge on any atom is 0.247 e. The van der Waals surface area contributed by atoms with Crippen molar-refractivity contribution in [2.75, 3.05) is 5.32 Å². The highest BCUT2D eigenvalue weighted by molar-refractivity contribution is 9.10. The molecule has 1 unspecified atom stereocenters. The van der Waals surface area contributed by atoms with E-state index in [1.807, 2.05) is 37.3 Å². The first-order valence-corrected chi connectivity index (χ1v) is 7.32. The molecule has 0 saturated carbocycles. The number of hydrogen-bond acceptors (Lipinski definition) is 5. The van der Waals surface area contributed by atoms with Crippen molar-refractivity contribution in [3.8, 4) is 11.5 Å². The minimum atomic E-state index is 0.0734. The average molecular weight is 348 g/mol. The van der Waals surface area contributed by atoms with Gasteiger partial charge in [-0.1, -0.05) is 0 Å². The Bertz CT molecular complexity index is 737. The van der Waals surface area contributed by atoms with E-state index in [1.165, 1.54) is 6.39 Å². The molecular formula is C15H14BrN3O2. The second-order valence-corrected chi connectivity index (χ2v) is 5.56. The molecule has 21 heavy (non-hydrogen) atoms. The van der Waals surface area contributed by atoms with Crippen LogP contribution in [0.15, 0.2) is 50.2 Å². The van der Waals surface area contributed by atoms with E-state index in [-0.39, 0.29) is 6.04 Å². The summed E-state index contributed by atoms with van der Waals surface area (Å²) in [6, 6.07) is 9.88. The predicted octanol–water partition coefficient (Wildman–Crippen LogP) is 4.57. The van der Waals surface area contributed by atoms with E-state index in [0.717, 1.165) is 27.2 Å². The Morgan fingerprint density at radius 3 is 2.71 bits per heavy atom. The lowest BCUT2D eigenvalue weighted by molar-refractivity contribution is 0.471. The van der Waals surface area contributed by atoms with Gasteiger partial charge >= 0.3 is 0 Å². The summed E-state index contributed by atoms with van der Waals surface area (Å²) >= 11 is 3.31. The molecule has 0 saturated heterocycles. The van der Waals surface area contributed by atoms with Crippen LogP contribution < -0.4 is 5.32 Å². The van der Waals surface area contributed by atoms with Crippen molar-refractivity contribution in [1.82, 2.24) is 10.2 Å². The Kier molecular flexibility index (Phi) is 3.79. The molecule has 0 aliphatic carbocycles. The molecule has 2 aromatic heterocycles. The Balaban J connectivity index is 1.80. The first-order chi connectivity index (χ1) is 10.1. The van der Waals surface area contributed by atoms with Crippen molar-refractivity contribution in [3.05, 3.63) is 52.7 Å². The third-order valence-corrected chi connectivity index (χ3v) is 3.65. The first kappa shape index (κ1) is 13.9. The molecule has 108 valence electrons. The lowest BCUT2D eigenvalue weighted by Gasteiger charge is -2.15. The molecule has 0 amide bonds. The van der Waals surface area contributed by atoms with Crippen molar-refractivity contribution >= 4 is 21.6 Å². The maximum atomic E-state index is 5.56. The van der Waals surface area contributed by atoms with Crippen LogP contribution in [0.25, 0.3) is 11.5 Å². The molecule has 3 aromatic rings. The number of benzene rings is 1. The van der Waals surface area contributed by atoms with E-state index in [1.54, 1.807) is 0 Å². The largest absolute Gasteiger partial charge is 0.452 e. The number of furan rings is 1. The van der Waals surface area contributed by atoms with Crippen molar-refractivity contribution in [3.63, 3.8) is 0 Å². The summed E-state index contributed by atoms with van der Waals surface area (Å²) < 4.78 is 11.5. The molecule has 3 rings (SSSR count). The van der Waals surface area contributed by atoms with Crippen LogP contribution in [0.4, 0.5) is 5.69 Å². The van der Waals surface area contributed by atoms with Crippen LogP contribution in [0.3, 0.4) is 0 Å². The highest BCUT2D eigenvalue weighted by atomic mass is 79.9. The summed E-state index contributed by atoms with van der Waals surface area (Å²) in [4.78, 5) is 0. The topological polar surface area (TPSA) is 64.1 Å². The lowest BCUT2D eigenvalue weighted by atomic mass is 10.1. The molecule has 6 heteroatoms. The normalized spacial score (nSPS) is 12.3. The van der Waals surface area contributed by atoms with E-state index in [0.29, 0.717) is 5.89 Å². The van der Waals surface area contributed by atoms with Crippen LogP contribution >= 0.6 is 15.9 Å². The first-order valence-electron chi connectivity index (χ1n) is 6.52. The van der Waals surface area contributed by atoms with Gasteiger partial charge in [0.15, 0.2) is 4.67 Å². The minimum absolute atomic E-state index is 0.0734. The Morgan fingerprint density at radius 2 is 2.10 bits per heavy atom. The van der Waals surface area contributed by atoms with Gasteiger partial charge in [-0.2, -0.15) is 0 Å². The zero-order valence-electron chi connectivity index (χ0n) is 11.6. The van der Waals surface area contributed by atoms with Gasteiger partial charge in [-0.05, 0) is 65.7 Å². The van der Waals surface area contributed by atoms with Crippen molar-refractivity contribution in [2.45, 2.75) is 19.9 Å². The van der Waals surface area contributed by atoms with E-state index >= 15 is 0 Å². The molecule has 0 aliphatic rings. The number of halogens is 1. The Labute approximate surface area is 130 Å². The van der Waals surface area contributed by atoms with Gasteiger partial charge < -0.3 is 14.2 Å². The van der Waals surface area contributed by atoms with Crippen LogP contribution in [0.2, 0.25) is 0 Å². The fraction of sp³-hybridized carbons (Fsp3) is 0.200. The zero-order valence-corrected chi connectivity index (χ0v) is 13.2. The lowest BCUT2D eigenvalue weighted by Crippen LogP contribution is -2.06. The van der Waals surface area contributed by atoms with Gasteiger partial charge in [0.05, 0.1) is 6.04 Å². The number of aryl methyl sites for hydroxylation is 1. The highest BCUT2D eigenvalue weighted by Crippen LogP contribution is 2.28. The molecule has 0 aliphatic heterocycles. The Morgan fingerprint density at radius 1 is 1.24 bits per heavy atom. The van der Waals surface area contributed by atoms with Crippen LogP contribution in [0.5, 0.6) is 0 Å². The molecular weight excluding hydrogens is 334 g/mol.